The van der Waals surface area contributed by atoms with E-state index in [1.165, 1.54) is 77.0 Å². The standard InChI is InChI=1S/2C17H36O3S.Ba/c2*1-3-5-7-9-10-11-12-14-16-17(21(18,19)20)15-13-8-6-4-2;/h2*17H,3-16H2,1-2H3,(H,18,19,20);/q;;+2/p-2. The van der Waals surface area contributed by atoms with Crippen molar-refractivity contribution in [3.63, 3.8) is 0 Å². The molecule has 0 fully saturated rings. The number of unbranched alkanes of at least 4 members (excludes halogenated alkanes) is 20. The van der Waals surface area contributed by atoms with Gasteiger partial charge in [0.05, 0.1) is 20.2 Å². The Kier molecular flexibility index (Phi) is 39.4. The Balaban J connectivity index is -0.000000727. The van der Waals surface area contributed by atoms with Gasteiger partial charge in [0.1, 0.15) is 0 Å². The van der Waals surface area contributed by atoms with Gasteiger partial charge in [-0.2, -0.15) is 0 Å². The maximum Gasteiger partial charge on any atom is 2.00 e. The second-order valence-corrected chi connectivity index (χ2v) is 15.8. The molecule has 0 bridgehead atoms. The molecule has 2 atom stereocenters. The van der Waals surface area contributed by atoms with E-state index in [1.54, 1.807) is 0 Å². The molecule has 2 unspecified atom stereocenters. The van der Waals surface area contributed by atoms with Gasteiger partial charge in [-0.1, -0.05) is 182 Å². The summed E-state index contributed by atoms with van der Waals surface area (Å²) in [5.41, 5.74) is 0. The minimum absolute atomic E-state index is 0. The molecular formula is C34H70BaO6S2. The summed E-state index contributed by atoms with van der Waals surface area (Å²) in [7, 11) is -8.21. The molecule has 0 spiro atoms. The van der Waals surface area contributed by atoms with Crippen LogP contribution in [-0.4, -0.2) is 85.3 Å². The zero-order valence-corrected chi connectivity index (χ0v) is 35.0. The van der Waals surface area contributed by atoms with Crippen LogP contribution in [0.4, 0.5) is 0 Å². The maximum atomic E-state index is 11.3. The Bertz CT molecular complexity index is 695. The van der Waals surface area contributed by atoms with Crippen LogP contribution in [0.25, 0.3) is 0 Å². The van der Waals surface area contributed by atoms with Crippen LogP contribution in [0.3, 0.4) is 0 Å². The molecule has 0 aromatic rings. The smallest absolute Gasteiger partial charge is 0.748 e. The van der Waals surface area contributed by atoms with Crippen LogP contribution in [0.1, 0.15) is 207 Å². The second kappa shape index (κ2) is 34.7. The fourth-order valence-corrected chi connectivity index (χ4v) is 7.30. The van der Waals surface area contributed by atoms with Gasteiger partial charge in [-0.05, 0) is 25.7 Å². The molecule has 0 aliphatic heterocycles. The average molecular weight is 776 g/mol. The SMILES string of the molecule is CCCCCCCCCCC(CCCCCC)S(=O)(=O)[O-].CCCCCCCCCCC(CCCCCC)S(=O)(=O)[O-].[Ba+2]. The number of hydrogen-bond donors (Lipinski definition) is 0. The van der Waals surface area contributed by atoms with E-state index in [-0.39, 0.29) is 48.9 Å². The molecule has 6 nitrogen and oxygen atoms in total. The van der Waals surface area contributed by atoms with Gasteiger partial charge < -0.3 is 9.11 Å². The second-order valence-electron chi connectivity index (χ2n) is 12.5. The van der Waals surface area contributed by atoms with E-state index in [4.69, 9.17) is 0 Å². The van der Waals surface area contributed by atoms with Crippen LogP contribution in [0, 0.1) is 0 Å². The molecule has 9 heteroatoms. The van der Waals surface area contributed by atoms with Gasteiger partial charge in [-0.25, -0.2) is 16.8 Å². The molecule has 0 aliphatic carbocycles. The van der Waals surface area contributed by atoms with Gasteiger partial charge in [0.15, 0.2) is 0 Å². The summed E-state index contributed by atoms with van der Waals surface area (Å²) in [6.45, 7) is 8.68. The van der Waals surface area contributed by atoms with Crippen molar-refractivity contribution >= 4 is 69.1 Å². The summed E-state index contributed by atoms with van der Waals surface area (Å²) in [6.07, 6.45) is 29.7. The first-order valence-electron chi connectivity index (χ1n) is 17.9. The van der Waals surface area contributed by atoms with Gasteiger partial charge >= 0.3 is 48.9 Å². The molecule has 43 heavy (non-hydrogen) atoms. The first-order valence-corrected chi connectivity index (χ1v) is 20.9. The van der Waals surface area contributed by atoms with E-state index in [0.29, 0.717) is 25.7 Å². The Morgan fingerprint density at radius 1 is 0.349 bits per heavy atom. The van der Waals surface area contributed by atoms with Crippen molar-refractivity contribution in [3.8, 4) is 0 Å². The zero-order chi connectivity index (χ0) is 32.0. The molecule has 0 aliphatic rings. The third-order valence-corrected chi connectivity index (χ3v) is 10.9. The van der Waals surface area contributed by atoms with Crippen LogP contribution in [0.2, 0.25) is 0 Å². The molecule has 0 aromatic heterocycles. The first kappa shape index (κ1) is 48.8. The van der Waals surface area contributed by atoms with Gasteiger partial charge in [0, 0.05) is 10.5 Å². The largest absolute Gasteiger partial charge is 2.00 e. The van der Waals surface area contributed by atoms with Crippen molar-refractivity contribution in [1.29, 1.82) is 0 Å². The van der Waals surface area contributed by atoms with Crippen molar-refractivity contribution < 1.29 is 25.9 Å². The topological polar surface area (TPSA) is 114 Å². The fraction of sp³-hybridized carbons (Fsp3) is 1.00. The van der Waals surface area contributed by atoms with Crippen LogP contribution in [0.5, 0.6) is 0 Å². The normalized spacial score (nSPS) is 13.2. The first-order chi connectivity index (χ1) is 20.0. The van der Waals surface area contributed by atoms with Crippen LogP contribution < -0.4 is 0 Å². The Hall–Kier alpha value is 1.39. The minimum atomic E-state index is -4.11. The molecule has 0 rings (SSSR count). The third kappa shape index (κ3) is 36.1. The zero-order valence-electron chi connectivity index (χ0n) is 28.9. The van der Waals surface area contributed by atoms with E-state index >= 15 is 0 Å². The molecule has 0 amide bonds. The Labute approximate surface area is 310 Å². The van der Waals surface area contributed by atoms with Crippen molar-refractivity contribution in [2.24, 2.45) is 0 Å². The van der Waals surface area contributed by atoms with Gasteiger partial charge in [0.2, 0.25) is 0 Å². The number of hydrogen-bond acceptors (Lipinski definition) is 6. The minimum Gasteiger partial charge on any atom is -0.748 e. The summed E-state index contributed by atoms with van der Waals surface area (Å²) < 4.78 is 67.7. The molecule has 0 saturated carbocycles. The van der Waals surface area contributed by atoms with E-state index in [1.807, 2.05) is 0 Å². The number of rotatable bonds is 30. The van der Waals surface area contributed by atoms with Gasteiger partial charge in [-0.15, -0.1) is 0 Å². The molecule has 0 radical (unpaired) electrons. The molecule has 256 valence electrons. The van der Waals surface area contributed by atoms with Crippen LogP contribution in [-0.2, 0) is 20.2 Å². The molecule has 0 N–H and O–H groups in total. The van der Waals surface area contributed by atoms with Gasteiger partial charge in [0.25, 0.3) is 0 Å². The monoisotopic (exact) mass is 776 g/mol. The van der Waals surface area contributed by atoms with E-state index in [9.17, 15) is 25.9 Å². The summed E-state index contributed by atoms with van der Waals surface area (Å²) in [6, 6.07) is 0. The van der Waals surface area contributed by atoms with Crippen molar-refractivity contribution in [1.82, 2.24) is 0 Å². The molecular weight excluding hydrogens is 706 g/mol. The van der Waals surface area contributed by atoms with E-state index < -0.39 is 30.7 Å². The summed E-state index contributed by atoms with van der Waals surface area (Å²) in [5.74, 6) is 0. The average Bonchev–Trinajstić information content (AvgIpc) is 2.93. The maximum absolute atomic E-state index is 11.3. The van der Waals surface area contributed by atoms with Crippen molar-refractivity contribution in [2.45, 2.75) is 218 Å². The molecule has 0 aromatic carbocycles. The summed E-state index contributed by atoms with van der Waals surface area (Å²) >= 11 is 0. The predicted molar refractivity (Wildman–Crippen MR) is 185 cm³/mol. The molecule has 0 heterocycles. The van der Waals surface area contributed by atoms with Crippen LogP contribution >= 0.6 is 0 Å². The van der Waals surface area contributed by atoms with Crippen molar-refractivity contribution in [3.05, 3.63) is 0 Å². The Morgan fingerprint density at radius 3 is 0.698 bits per heavy atom. The fourth-order valence-electron chi connectivity index (χ4n) is 5.48. The third-order valence-electron chi connectivity index (χ3n) is 8.34. The summed E-state index contributed by atoms with van der Waals surface area (Å²) in [5, 5.41) is -1.29. The quantitative estimate of drug-likeness (QED) is 0.0408. The van der Waals surface area contributed by atoms with Crippen molar-refractivity contribution in [2.75, 3.05) is 0 Å². The Morgan fingerprint density at radius 2 is 0.512 bits per heavy atom. The van der Waals surface area contributed by atoms with E-state index in [0.717, 1.165) is 77.0 Å². The summed E-state index contributed by atoms with van der Waals surface area (Å²) in [4.78, 5) is 0. The van der Waals surface area contributed by atoms with Gasteiger partial charge in [-0.3, -0.25) is 0 Å². The van der Waals surface area contributed by atoms with E-state index in [2.05, 4.69) is 27.7 Å². The van der Waals surface area contributed by atoms with Crippen LogP contribution in [0.15, 0.2) is 0 Å². The molecule has 0 saturated heterocycles. The predicted octanol–water partition coefficient (Wildman–Crippen LogP) is 10.4.